The van der Waals surface area contributed by atoms with Crippen molar-refractivity contribution in [3.63, 3.8) is 0 Å². The summed E-state index contributed by atoms with van der Waals surface area (Å²) in [5, 5.41) is 0. The van der Waals surface area contributed by atoms with E-state index in [1.54, 1.807) is 24.3 Å². The van der Waals surface area contributed by atoms with Crippen LogP contribution >= 0.6 is 0 Å². The molecule has 0 radical (unpaired) electrons. The standard InChI is InChI=1S/C18H16N2O4/c1-23-16-11-14(12-20-18(19)22)7-9-15(16)24-17(21)10-8-13-5-3-2-4-6-13/h2-12H,1H3,(H2,19,22)/b10-8+,20-12+. The number of ether oxygens (including phenoxy) is 2. The molecule has 6 nitrogen and oxygen atoms in total. The van der Waals surface area contributed by atoms with E-state index in [0.29, 0.717) is 11.3 Å². The minimum atomic E-state index is -0.796. The van der Waals surface area contributed by atoms with Crippen LogP contribution < -0.4 is 15.2 Å². The Balaban J connectivity index is 2.09. The molecule has 2 N–H and O–H groups in total. The third-order valence-electron chi connectivity index (χ3n) is 2.95. The lowest BCUT2D eigenvalue weighted by Gasteiger charge is -2.08. The fourth-order valence-corrected chi connectivity index (χ4v) is 1.86. The molecule has 0 aromatic heterocycles. The molecule has 0 bridgehead atoms. The molecule has 0 saturated carbocycles. The van der Waals surface area contributed by atoms with Gasteiger partial charge in [-0.1, -0.05) is 30.3 Å². The van der Waals surface area contributed by atoms with Crippen LogP contribution in [0.4, 0.5) is 4.79 Å². The van der Waals surface area contributed by atoms with Gasteiger partial charge in [-0.25, -0.2) is 14.6 Å². The second-order valence-electron chi connectivity index (χ2n) is 4.67. The van der Waals surface area contributed by atoms with Gasteiger partial charge in [0, 0.05) is 12.3 Å². The highest BCUT2D eigenvalue weighted by Crippen LogP contribution is 2.27. The smallest absolute Gasteiger partial charge is 0.338 e. The number of hydrogen-bond acceptors (Lipinski definition) is 4. The van der Waals surface area contributed by atoms with Crippen LogP contribution in [0.15, 0.2) is 59.6 Å². The Bertz CT molecular complexity index is 783. The van der Waals surface area contributed by atoms with Gasteiger partial charge in [-0.15, -0.1) is 0 Å². The highest BCUT2D eigenvalue weighted by atomic mass is 16.6. The lowest BCUT2D eigenvalue weighted by atomic mass is 10.2. The van der Waals surface area contributed by atoms with Gasteiger partial charge in [-0.2, -0.15) is 0 Å². The lowest BCUT2D eigenvalue weighted by molar-refractivity contribution is -0.129. The third-order valence-corrected chi connectivity index (χ3v) is 2.95. The van der Waals surface area contributed by atoms with Crippen molar-refractivity contribution in [3.8, 4) is 11.5 Å². The predicted octanol–water partition coefficient (Wildman–Crippen LogP) is 2.81. The molecule has 0 aliphatic heterocycles. The van der Waals surface area contributed by atoms with E-state index < -0.39 is 12.0 Å². The lowest BCUT2D eigenvalue weighted by Crippen LogP contribution is -2.06. The molecule has 2 aromatic carbocycles. The van der Waals surface area contributed by atoms with Gasteiger partial charge >= 0.3 is 12.0 Å². The van der Waals surface area contributed by atoms with Crippen molar-refractivity contribution in [2.24, 2.45) is 10.7 Å². The molecule has 122 valence electrons. The number of carbonyl (C=O) groups is 2. The SMILES string of the molecule is COc1cc(/C=N/C(N)=O)ccc1OC(=O)/C=C/c1ccccc1. The van der Waals surface area contributed by atoms with Crippen molar-refractivity contribution in [3.05, 3.63) is 65.7 Å². The van der Waals surface area contributed by atoms with E-state index in [1.165, 1.54) is 19.4 Å². The largest absolute Gasteiger partial charge is 0.493 e. The van der Waals surface area contributed by atoms with Crippen LogP contribution in [0.2, 0.25) is 0 Å². The van der Waals surface area contributed by atoms with Crippen LogP contribution in [-0.4, -0.2) is 25.3 Å². The molecule has 2 amide bonds. The summed E-state index contributed by atoms with van der Waals surface area (Å²) in [4.78, 5) is 26.0. The molecular weight excluding hydrogens is 308 g/mol. The van der Waals surface area contributed by atoms with E-state index in [0.717, 1.165) is 5.56 Å². The summed E-state index contributed by atoms with van der Waals surface area (Å²) in [5.74, 6) is 0.0667. The van der Waals surface area contributed by atoms with Gasteiger partial charge in [0.25, 0.3) is 0 Å². The molecule has 2 aromatic rings. The van der Waals surface area contributed by atoms with E-state index in [9.17, 15) is 9.59 Å². The first-order valence-corrected chi connectivity index (χ1v) is 7.05. The number of carbonyl (C=O) groups excluding carboxylic acids is 2. The number of esters is 1. The Labute approximate surface area is 139 Å². The van der Waals surface area contributed by atoms with Crippen molar-refractivity contribution in [1.82, 2.24) is 0 Å². The number of hydrogen-bond donors (Lipinski definition) is 1. The minimum Gasteiger partial charge on any atom is -0.493 e. The first kappa shape index (κ1) is 17.0. The summed E-state index contributed by atoms with van der Waals surface area (Å²) >= 11 is 0. The van der Waals surface area contributed by atoms with Crippen LogP contribution in [-0.2, 0) is 4.79 Å². The van der Waals surface area contributed by atoms with Crippen molar-refractivity contribution >= 4 is 24.3 Å². The van der Waals surface area contributed by atoms with E-state index in [-0.39, 0.29) is 5.75 Å². The molecule has 0 aliphatic carbocycles. The zero-order valence-electron chi connectivity index (χ0n) is 13.0. The van der Waals surface area contributed by atoms with Gasteiger partial charge in [0.15, 0.2) is 11.5 Å². The van der Waals surface area contributed by atoms with Crippen molar-refractivity contribution in [1.29, 1.82) is 0 Å². The second kappa shape index (κ2) is 8.28. The van der Waals surface area contributed by atoms with Crippen molar-refractivity contribution in [2.45, 2.75) is 0 Å². The number of methoxy groups -OCH3 is 1. The maximum atomic E-state index is 11.9. The quantitative estimate of drug-likeness (QED) is 0.396. The molecule has 0 atom stereocenters. The van der Waals surface area contributed by atoms with E-state index in [4.69, 9.17) is 15.2 Å². The van der Waals surface area contributed by atoms with E-state index >= 15 is 0 Å². The highest BCUT2D eigenvalue weighted by molar-refractivity contribution is 5.91. The molecule has 0 fully saturated rings. The zero-order valence-corrected chi connectivity index (χ0v) is 13.0. The molecule has 6 heteroatoms. The third kappa shape index (κ3) is 5.10. The normalized spacial score (nSPS) is 10.9. The Hall–Kier alpha value is -3.41. The summed E-state index contributed by atoms with van der Waals surface area (Å²) in [6.45, 7) is 0. The average Bonchev–Trinajstić information content (AvgIpc) is 2.60. The molecule has 0 aliphatic rings. The highest BCUT2D eigenvalue weighted by Gasteiger charge is 2.08. The van der Waals surface area contributed by atoms with Crippen molar-refractivity contribution < 1.29 is 19.1 Å². The topological polar surface area (TPSA) is 91.0 Å². The number of nitrogens with zero attached hydrogens (tertiary/aromatic N) is 1. The number of urea groups is 1. The first-order valence-electron chi connectivity index (χ1n) is 7.05. The van der Waals surface area contributed by atoms with Crippen LogP contribution in [0.25, 0.3) is 6.08 Å². The number of nitrogens with two attached hydrogens (primary N) is 1. The first-order chi connectivity index (χ1) is 11.6. The Morgan fingerprint density at radius 1 is 1.04 bits per heavy atom. The maximum absolute atomic E-state index is 11.9. The number of aliphatic imine (C=N–C) groups is 1. The van der Waals surface area contributed by atoms with Crippen molar-refractivity contribution in [2.75, 3.05) is 7.11 Å². The summed E-state index contributed by atoms with van der Waals surface area (Å²) < 4.78 is 10.4. The summed E-state index contributed by atoms with van der Waals surface area (Å²) in [6.07, 6.45) is 4.28. The molecule has 0 unspecified atom stereocenters. The molecule has 2 rings (SSSR count). The second-order valence-corrected chi connectivity index (χ2v) is 4.67. The molecule has 0 saturated heterocycles. The zero-order chi connectivity index (χ0) is 17.4. The van der Waals surface area contributed by atoms with Gasteiger partial charge in [-0.3, -0.25) is 0 Å². The number of amides is 2. The van der Waals surface area contributed by atoms with Crippen LogP contribution in [0, 0.1) is 0 Å². The molecular formula is C18H16N2O4. The van der Waals surface area contributed by atoms with Crippen LogP contribution in [0.5, 0.6) is 11.5 Å². The predicted molar refractivity (Wildman–Crippen MR) is 91.3 cm³/mol. The molecule has 0 spiro atoms. The fourth-order valence-electron chi connectivity index (χ4n) is 1.86. The summed E-state index contributed by atoms with van der Waals surface area (Å²) in [6, 6.07) is 13.3. The minimum absolute atomic E-state index is 0.261. The van der Waals surface area contributed by atoms with Gasteiger partial charge < -0.3 is 15.2 Å². The Morgan fingerprint density at radius 3 is 2.46 bits per heavy atom. The average molecular weight is 324 g/mol. The summed E-state index contributed by atoms with van der Waals surface area (Å²) in [7, 11) is 1.45. The molecule has 24 heavy (non-hydrogen) atoms. The van der Waals surface area contributed by atoms with E-state index in [1.807, 2.05) is 30.3 Å². The van der Waals surface area contributed by atoms with Crippen LogP contribution in [0.1, 0.15) is 11.1 Å². The fraction of sp³-hybridized carbons (Fsp3) is 0.0556. The molecule has 0 heterocycles. The monoisotopic (exact) mass is 324 g/mol. The number of rotatable bonds is 5. The van der Waals surface area contributed by atoms with E-state index in [2.05, 4.69) is 4.99 Å². The van der Waals surface area contributed by atoms with Crippen LogP contribution in [0.3, 0.4) is 0 Å². The summed E-state index contributed by atoms with van der Waals surface area (Å²) in [5.41, 5.74) is 6.42. The Kier molecular flexibility index (Phi) is 5.85. The van der Waals surface area contributed by atoms with Gasteiger partial charge in [0.1, 0.15) is 0 Å². The van der Waals surface area contributed by atoms with Gasteiger partial charge in [0.05, 0.1) is 7.11 Å². The number of benzene rings is 2. The van der Waals surface area contributed by atoms with Gasteiger partial charge in [0.2, 0.25) is 0 Å². The Morgan fingerprint density at radius 2 is 1.79 bits per heavy atom. The van der Waals surface area contributed by atoms with Gasteiger partial charge in [-0.05, 0) is 35.4 Å². The number of primary amides is 1. The maximum Gasteiger partial charge on any atom is 0.338 e.